The summed E-state index contributed by atoms with van der Waals surface area (Å²) in [6, 6.07) is 6.27. The predicted molar refractivity (Wildman–Crippen MR) is 98.5 cm³/mol. The minimum atomic E-state index is 0.214. The van der Waals surface area contributed by atoms with Crippen LogP contribution in [0.1, 0.15) is 23.6 Å². The molecule has 4 nitrogen and oxygen atoms in total. The highest BCUT2D eigenvalue weighted by atomic mass is 16.4. The number of aryl methyl sites for hydroxylation is 3. The van der Waals surface area contributed by atoms with Gasteiger partial charge >= 0.3 is 6.85 Å². The van der Waals surface area contributed by atoms with Gasteiger partial charge < -0.3 is 4.42 Å². The van der Waals surface area contributed by atoms with E-state index in [1.54, 1.807) is 6.20 Å². The lowest BCUT2D eigenvalue weighted by Crippen LogP contribution is -2.44. The van der Waals surface area contributed by atoms with Gasteiger partial charge in [0, 0.05) is 12.3 Å². The van der Waals surface area contributed by atoms with Crippen molar-refractivity contribution in [2.24, 2.45) is 7.05 Å². The smallest absolute Gasteiger partial charge is 0.404 e. The second-order valence-corrected chi connectivity index (χ2v) is 6.71. The van der Waals surface area contributed by atoms with E-state index in [-0.39, 0.29) is 6.85 Å². The summed E-state index contributed by atoms with van der Waals surface area (Å²) in [4.78, 5) is 6.66. The number of hydrogen-bond acceptors (Lipinski definition) is 3. The van der Waals surface area contributed by atoms with Gasteiger partial charge in [-0.05, 0) is 56.4 Å². The number of anilines is 2. The van der Waals surface area contributed by atoms with Crippen LogP contribution in [0, 0.1) is 13.8 Å². The van der Waals surface area contributed by atoms with E-state index in [1.807, 2.05) is 6.07 Å². The molecular weight excluding hydrogens is 297 g/mol. The normalized spacial score (nSPS) is 14.1. The van der Waals surface area contributed by atoms with Gasteiger partial charge in [0.2, 0.25) is 5.71 Å². The summed E-state index contributed by atoms with van der Waals surface area (Å²) >= 11 is 0. The molecule has 0 atom stereocenters. The molecule has 3 aromatic rings. The van der Waals surface area contributed by atoms with E-state index >= 15 is 0 Å². The molecule has 0 spiro atoms. The summed E-state index contributed by atoms with van der Waals surface area (Å²) in [6.45, 7) is 8.85. The second-order valence-electron chi connectivity index (χ2n) is 6.71. The number of nitrogens with zero attached hydrogens (tertiary/aromatic N) is 3. The fourth-order valence-electron chi connectivity index (χ4n) is 3.60. The molecule has 4 heterocycles. The van der Waals surface area contributed by atoms with Crippen LogP contribution in [0.2, 0.25) is 6.82 Å². The SMILES string of the molecule is CB1C=C(C)c2c(oc3ncccc23)N1c1cc(C)c(C)c[n+]1C. The van der Waals surface area contributed by atoms with Gasteiger partial charge in [-0.1, -0.05) is 5.98 Å². The van der Waals surface area contributed by atoms with Crippen LogP contribution in [-0.2, 0) is 7.05 Å². The van der Waals surface area contributed by atoms with Crippen LogP contribution in [0.5, 0.6) is 0 Å². The molecule has 0 aliphatic carbocycles. The molecule has 0 aromatic carbocycles. The third-order valence-corrected chi connectivity index (χ3v) is 4.92. The molecule has 0 fully saturated rings. The van der Waals surface area contributed by atoms with Crippen LogP contribution < -0.4 is 9.38 Å². The highest BCUT2D eigenvalue weighted by molar-refractivity contribution is 6.70. The Morgan fingerprint density at radius 3 is 2.79 bits per heavy atom. The first kappa shape index (κ1) is 15.0. The third-order valence-electron chi connectivity index (χ3n) is 4.92. The molecule has 1 aliphatic heterocycles. The number of fused-ring (bicyclic) bond motifs is 3. The molecule has 4 rings (SSSR count). The summed E-state index contributed by atoms with van der Waals surface area (Å²) in [6.07, 6.45) is 3.95. The summed E-state index contributed by atoms with van der Waals surface area (Å²) in [5.41, 5.74) is 5.64. The lowest BCUT2D eigenvalue weighted by molar-refractivity contribution is -0.658. The van der Waals surface area contributed by atoms with Crippen molar-refractivity contribution in [3.05, 3.63) is 53.3 Å². The molecule has 0 radical (unpaired) electrons. The minimum Gasteiger partial charge on any atom is -0.404 e. The molecular formula is C19H21BN3O+. The van der Waals surface area contributed by atoms with Crippen molar-refractivity contribution < 1.29 is 8.98 Å². The Morgan fingerprint density at radius 2 is 2.00 bits per heavy atom. The van der Waals surface area contributed by atoms with Crippen LogP contribution in [0.15, 0.2) is 41.0 Å². The van der Waals surface area contributed by atoms with E-state index in [0.29, 0.717) is 5.71 Å². The number of pyridine rings is 2. The molecule has 5 heteroatoms. The summed E-state index contributed by atoms with van der Waals surface area (Å²) in [5, 5.41) is 1.07. The highest BCUT2D eigenvalue weighted by Crippen LogP contribution is 2.42. The fraction of sp³-hybridized carbons (Fsp3) is 0.263. The van der Waals surface area contributed by atoms with Gasteiger partial charge in [-0.3, -0.25) is 4.81 Å². The number of allylic oxidation sites excluding steroid dienone is 1. The third kappa shape index (κ3) is 2.08. The Bertz CT molecular complexity index is 990. The molecule has 0 unspecified atom stereocenters. The van der Waals surface area contributed by atoms with E-state index in [4.69, 9.17) is 4.42 Å². The fourth-order valence-corrected chi connectivity index (χ4v) is 3.60. The number of rotatable bonds is 1. The molecule has 24 heavy (non-hydrogen) atoms. The minimum absolute atomic E-state index is 0.214. The largest absolute Gasteiger partial charge is 0.406 e. The number of aromatic nitrogens is 2. The summed E-state index contributed by atoms with van der Waals surface area (Å²) in [7, 11) is 2.08. The molecule has 0 saturated heterocycles. The molecule has 0 amide bonds. The average molecular weight is 318 g/mol. The van der Waals surface area contributed by atoms with Crippen molar-refractivity contribution in [2.45, 2.75) is 27.6 Å². The van der Waals surface area contributed by atoms with E-state index in [2.05, 4.69) is 73.3 Å². The monoisotopic (exact) mass is 318 g/mol. The van der Waals surface area contributed by atoms with Crippen LogP contribution in [-0.4, -0.2) is 11.8 Å². The maximum atomic E-state index is 6.18. The van der Waals surface area contributed by atoms with Gasteiger partial charge in [-0.25, -0.2) is 9.55 Å². The molecule has 0 bridgehead atoms. The Balaban J connectivity index is 2.00. The lowest BCUT2D eigenvalue weighted by Gasteiger charge is -2.24. The first-order valence-electron chi connectivity index (χ1n) is 8.30. The van der Waals surface area contributed by atoms with Crippen molar-refractivity contribution >= 4 is 35.2 Å². The Hall–Kier alpha value is -2.56. The van der Waals surface area contributed by atoms with Gasteiger partial charge in [0.05, 0.1) is 24.2 Å². The maximum absolute atomic E-state index is 6.18. The maximum Gasteiger partial charge on any atom is 0.406 e. The predicted octanol–water partition coefficient (Wildman–Crippen LogP) is 3.98. The van der Waals surface area contributed by atoms with Gasteiger partial charge in [0.25, 0.3) is 11.7 Å². The molecule has 3 aromatic heterocycles. The average Bonchev–Trinajstić information content (AvgIpc) is 2.91. The van der Waals surface area contributed by atoms with Crippen molar-refractivity contribution in [2.75, 3.05) is 4.81 Å². The van der Waals surface area contributed by atoms with Gasteiger partial charge in [0.1, 0.15) is 0 Å². The van der Waals surface area contributed by atoms with Crippen LogP contribution >= 0.6 is 0 Å². The lowest BCUT2D eigenvalue weighted by atomic mass is 9.59. The van der Waals surface area contributed by atoms with E-state index < -0.39 is 0 Å². The molecule has 0 saturated carbocycles. The van der Waals surface area contributed by atoms with Crippen molar-refractivity contribution in [1.82, 2.24) is 4.98 Å². The zero-order chi connectivity index (χ0) is 17.0. The summed E-state index contributed by atoms with van der Waals surface area (Å²) < 4.78 is 8.35. The first-order valence-corrected chi connectivity index (χ1v) is 8.30. The standard InChI is InChI=1S/C19H21BN3O/c1-12-9-16(22(5)11-14(12)3)23-19-17(13(2)10-20(23)4)15-7-6-8-21-18(15)24-19/h6-11H,1-5H3/q+1. The molecule has 0 N–H and O–H groups in total. The van der Waals surface area contributed by atoms with Crippen molar-refractivity contribution in [3.63, 3.8) is 0 Å². The zero-order valence-corrected chi connectivity index (χ0v) is 14.8. The van der Waals surface area contributed by atoms with Crippen LogP contribution in [0.25, 0.3) is 16.7 Å². The van der Waals surface area contributed by atoms with Gasteiger partial charge in [-0.2, -0.15) is 0 Å². The molecule has 1 aliphatic rings. The topological polar surface area (TPSA) is 33.2 Å². The second kappa shape index (κ2) is 5.23. The first-order chi connectivity index (χ1) is 11.5. The Morgan fingerprint density at radius 1 is 1.21 bits per heavy atom. The van der Waals surface area contributed by atoms with E-state index in [9.17, 15) is 0 Å². The van der Waals surface area contributed by atoms with E-state index in [0.717, 1.165) is 22.7 Å². The quantitative estimate of drug-likeness (QED) is 0.502. The Labute approximate surface area is 142 Å². The van der Waals surface area contributed by atoms with Crippen molar-refractivity contribution in [1.29, 1.82) is 0 Å². The molecule has 120 valence electrons. The van der Waals surface area contributed by atoms with Crippen molar-refractivity contribution in [3.8, 4) is 0 Å². The van der Waals surface area contributed by atoms with E-state index in [1.165, 1.54) is 16.7 Å². The zero-order valence-electron chi connectivity index (χ0n) is 14.8. The van der Waals surface area contributed by atoms with Crippen LogP contribution in [0.4, 0.5) is 11.7 Å². The van der Waals surface area contributed by atoms with Gasteiger partial charge in [0.15, 0.2) is 0 Å². The van der Waals surface area contributed by atoms with Crippen LogP contribution in [0.3, 0.4) is 0 Å². The Kier molecular flexibility index (Phi) is 3.27. The van der Waals surface area contributed by atoms with Gasteiger partial charge in [-0.15, -0.1) is 0 Å². The highest BCUT2D eigenvalue weighted by Gasteiger charge is 2.39. The number of hydrogen-bond donors (Lipinski definition) is 0. The number of furan rings is 1. The summed E-state index contributed by atoms with van der Waals surface area (Å²) in [5.74, 6) is 4.30.